The monoisotopic (exact) mass is 335 g/mol. The molecule has 0 bridgehead atoms. The van der Waals surface area contributed by atoms with Gasteiger partial charge >= 0.3 is 0 Å². The summed E-state index contributed by atoms with van der Waals surface area (Å²) < 4.78 is 2.84. The highest BCUT2D eigenvalue weighted by molar-refractivity contribution is 9.10. The average Bonchev–Trinajstić information content (AvgIpc) is 2.89. The van der Waals surface area contributed by atoms with Gasteiger partial charge in [-0.25, -0.2) is 4.68 Å². The highest BCUT2D eigenvalue weighted by Crippen LogP contribution is 2.23. The van der Waals surface area contributed by atoms with Gasteiger partial charge < -0.3 is 0 Å². The van der Waals surface area contributed by atoms with Gasteiger partial charge in [0, 0.05) is 10.9 Å². The van der Waals surface area contributed by atoms with Crippen LogP contribution in [0.15, 0.2) is 22.7 Å². The number of nitrogens with zero attached hydrogens (tertiary/aromatic N) is 3. The minimum absolute atomic E-state index is 0.0447. The number of rotatable bonds is 5. The molecule has 5 heteroatoms. The van der Waals surface area contributed by atoms with Crippen LogP contribution < -0.4 is 0 Å². The summed E-state index contributed by atoms with van der Waals surface area (Å²) in [6.45, 7) is 5.97. The Balaban J connectivity index is 2.59. The van der Waals surface area contributed by atoms with Gasteiger partial charge in [0.25, 0.3) is 0 Å². The quantitative estimate of drug-likeness (QED) is 0.782. The molecule has 0 N–H and O–H groups in total. The molecule has 1 aromatic carbocycles. The fourth-order valence-corrected chi connectivity index (χ4v) is 2.65. The van der Waals surface area contributed by atoms with Crippen molar-refractivity contribution in [3.05, 3.63) is 39.6 Å². The number of Topliss-reactive ketones (excluding diaryl/α,β-unsaturated/α-hetero) is 1. The Morgan fingerprint density at radius 2 is 2.00 bits per heavy atom. The first-order valence-electron chi connectivity index (χ1n) is 6.88. The van der Waals surface area contributed by atoms with Crippen molar-refractivity contribution in [2.75, 3.05) is 0 Å². The smallest absolute Gasteiger partial charge is 0.184 e. The second-order valence-electron chi connectivity index (χ2n) is 4.55. The minimum Gasteiger partial charge on any atom is -0.292 e. The lowest BCUT2D eigenvalue weighted by atomic mass is 10.1. The fraction of sp³-hybridized carbons (Fsp3) is 0.400. The molecule has 0 aliphatic heterocycles. The van der Waals surface area contributed by atoms with Crippen LogP contribution in [0.4, 0.5) is 0 Å². The van der Waals surface area contributed by atoms with Crippen LogP contribution in [0, 0.1) is 0 Å². The van der Waals surface area contributed by atoms with Crippen LogP contribution in [0.1, 0.15) is 48.9 Å². The molecule has 106 valence electrons. The summed E-state index contributed by atoms with van der Waals surface area (Å²) in [6, 6.07) is 6.08. The first-order chi connectivity index (χ1) is 9.62. The molecule has 0 aliphatic rings. The SMILES string of the molecule is CCC(=O)c1nnn(-c2ccc(Br)cc2CC)c1CC. The van der Waals surface area contributed by atoms with Crippen LogP contribution >= 0.6 is 15.9 Å². The molecule has 0 radical (unpaired) electrons. The molecule has 4 nitrogen and oxygen atoms in total. The molecule has 0 spiro atoms. The van der Waals surface area contributed by atoms with E-state index >= 15 is 0 Å². The summed E-state index contributed by atoms with van der Waals surface area (Å²) in [7, 11) is 0. The van der Waals surface area contributed by atoms with Crippen LogP contribution in [0.5, 0.6) is 0 Å². The third-order valence-corrected chi connectivity index (χ3v) is 3.83. The van der Waals surface area contributed by atoms with Gasteiger partial charge in [0.05, 0.1) is 11.4 Å². The summed E-state index contributed by atoms with van der Waals surface area (Å²) in [5, 5.41) is 8.28. The Bertz CT molecular complexity index is 634. The number of hydrogen-bond acceptors (Lipinski definition) is 3. The van der Waals surface area contributed by atoms with Crippen molar-refractivity contribution in [1.82, 2.24) is 15.0 Å². The molecule has 0 atom stereocenters. The molecule has 0 saturated carbocycles. The Hall–Kier alpha value is -1.49. The van der Waals surface area contributed by atoms with E-state index in [2.05, 4.69) is 39.2 Å². The molecule has 0 unspecified atom stereocenters. The Labute approximate surface area is 127 Å². The zero-order valence-corrected chi connectivity index (χ0v) is 13.6. The van der Waals surface area contributed by atoms with E-state index in [1.165, 1.54) is 5.56 Å². The predicted molar refractivity (Wildman–Crippen MR) is 82.4 cm³/mol. The zero-order valence-electron chi connectivity index (χ0n) is 12.0. The predicted octanol–water partition coefficient (Wildman–Crippen LogP) is 3.75. The second-order valence-corrected chi connectivity index (χ2v) is 5.47. The Morgan fingerprint density at radius 3 is 2.60 bits per heavy atom. The van der Waals surface area contributed by atoms with E-state index in [0.29, 0.717) is 12.1 Å². The van der Waals surface area contributed by atoms with Gasteiger partial charge in [0.2, 0.25) is 0 Å². The number of carbonyl (C=O) groups is 1. The standard InChI is InChI=1S/C15H18BrN3O/c1-4-10-9-11(16)7-8-13(10)19-12(5-2)15(17-18-19)14(20)6-3/h7-9H,4-6H2,1-3H3. The maximum Gasteiger partial charge on any atom is 0.184 e. The zero-order chi connectivity index (χ0) is 14.7. The Kier molecular flexibility index (Phi) is 4.70. The van der Waals surface area contributed by atoms with Crippen molar-refractivity contribution in [2.45, 2.75) is 40.0 Å². The van der Waals surface area contributed by atoms with Gasteiger partial charge in [-0.05, 0) is 36.6 Å². The number of ketones is 1. The number of aromatic nitrogens is 3. The van der Waals surface area contributed by atoms with Gasteiger partial charge in [-0.3, -0.25) is 4.79 Å². The molecule has 1 heterocycles. The molecule has 2 aromatic rings. The van der Waals surface area contributed by atoms with Crippen LogP contribution in [0.2, 0.25) is 0 Å². The molecule has 0 fully saturated rings. The number of aryl methyl sites for hydroxylation is 1. The van der Waals surface area contributed by atoms with Crippen molar-refractivity contribution in [3.8, 4) is 5.69 Å². The van der Waals surface area contributed by atoms with Crippen LogP contribution in [-0.4, -0.2) is 20.8 Å². The minimum atomic E-state index is 0.0447. The summed E-state index contributed by atoms with van der Waals surface area (Å²) >= 11 is 3.49. The maximum absolute atomic E-state index is 11.9. The summed E-state index contributed by atoms with van der Waals surface area (Å²) in [4.78, 5) is 11.9. The van der Waals surface area contributed by atoms with E-state index in [1.807, 2.05) is 26.0 Å². The lowest BCUT2D eigenvalue weighted by Crippen LogP contribution is -2.07. The lowest BCUT2D eigenvalue weighted by molar-refractivity contribution is 0.0982. The topological polar surface area (TPSA) is 47.8 Å². The summed E-state index contributed by atoms with van der Waals surface area (Å²) in [5.41, 5.74) is 3.55. The van der Waals surface area contributed by atoms with E-state index < -0.39 is 0 Å². The van der Waals surface area contributed by atoms with Gasteiger partial charge in [0.1, 0.15) is 0 Å². The van der Waals surface area contributed by atoms with E-state index in [4.69, 9.17) is 0 Å². The van der Waals surface area contributed by atoms with Crippen molar-refractivity contribution < 1.29 is 4.79 Å². The first-order valence-corrected chi connectivity index (χ1v) is 7.68. The fourth-order valence-electron chi connectivity index (χ4n) is 2.24. The molecule has 0 aliphatic carbocycles. The van der Waals surface area contributed by atoms with Crippen molar-refractivity contribution in [2.24, 2.45) is 0 Å². The van der Waals surface area contributed by atoms with E-state index in [0.717, 1.165) is 28.7 Å². The molecular formula is C15H18BrN3O. The highest BCUT2D eigenvalue weighted by Gasteiger charge is 2.19. The van der Waals surface area contributed by atoms with Crippen molar-refractivity contribution >= 4 is 21.7 Å². The Morgan fingerprint density at radius 1 is 1.25 bits per heavy atom. The molecule has 0 amide bonds. The maximum atomic E-state index is 11.9. The number of carbonyl (C=O) groups excluding carboxylic acids is 1. The number of benzene rings is 1. The lowest BCUT2D eigenvalue weighted by Gasteiger charge is -2.10. The van der Waals surface area contributed by atoms with E-state index in [1.54, 1.807) is 4.68 Å². The van der Waals surface area contributed by atoms with Gasteiger partial charge in [-0.1, -0.05) is 41.9 Å². The molecule has 1 aromatic heterocycles. The summed E-state index contributed by atoms with van der Waals surface area (Å²) in [5.74, 6) is 0.0447. The van der Waals surface area contributed by atoms with Crippen LogP contribution in [-0.2, 0) is 12.8 Å². The van der Waals surface area contributed by atoms with Crippen LogP contribution in [0.25, 0.3) is 5.69 Å². The molecule has 0 saturated heterocycles. The van der Waals surface area contributed by atoms with Gasteiger partial charge in [-0.15, -0.1) is 5.10 Å². The van der Waals surface area contributed by atoms with E-state index in [9.17, 15) is 4.79 Å². The largest absolute Gasteiger partial charge is 0.292 e. The third-order valence-electron chi connectivity index (χ3n) is 3.33. The normalized spacial score (nSPS) is 10.8. The second kappa shape index (κ2) is 6.31. The molecule has 20 heavy (non-hydrogen) atoms. The number of halogens is 1. The molecular weight excluding hydrogens is 318 g/mol. The highest BCUT2D eigenvalue weighted by atomic mass is 79.9. The first kappa shape index (κ1) is 14.9. The van der Waals surface area contributed by atoms with E-state index in [-0.39, 0.29) is 5.78 Å². The van der Waals surface area contributed by atoms with Gasteiger partial charge in [-0.2, -0.15) is 0 Å². The number of hydrogen-bond donors (Lipinski definition) is 0. The van der Waals surface area contributed by atoms with Crippen molar-refractivity contribution in [1.29, 1.82) is 0 Å². The third kappa shape index (κ3) is 2.68. The molecule has 2 rings (SSSR count). The van der Waals surface area contributed by atoms with Crippen molar-refractivity contribution in [3.63, 3.8) is 0 Å². The average molecular weight is 336 g/mol. The van der Waals surface area contributed by atoms with Gasteiger partial charge in [0.15, 0.2) is 11.5 Å². The summed E-state index contributed by atoms with van der Waals surface area (Å²) in [6.07, 6.45) is 2.08. The van der Waals surface area contributed by atoms with Crippen LogP contribution in [0.3, 0.4) is 0 Å².